The van der Waals surface area contributed by atoms with E-state index in [2.05, 4.69) is 24.9 Å². The summed E-state index contributed by atoms with van der Waals surface area (Å²) >= 11 is 0. The number of nitrogens with two attached hydrogens (primary N) is 1. The van der Waals surface area contributed by atoms with Gasteiger partial charge in [-0.05, 0) is 45.4 Å². The van der Waals surface area contributed by atoms with Crippen molar-refractivity contribution in [3.05, 3.63) is 36.2 Å². The van der Waals surface area contributed by atoms with Crippen LogP contribution in [0.4, 0.5) is 5.82 Å². The van der Waals surface area contributed by atoms with Crippen LogP contribution in [0.25, 0.3) is 22.6 Å². The lowest BCUT2D eigenvalue weighted by molar-refractivity contribution is 0.0857. The van der Waals surface area contributed by atoms with Crippen LogP contribution in [0.3, 0.4) is 0 Å². The highest BCUT2D eigenvalue weighted by Gasteiger charge is 2.21. The summed E-state index contributed by atoms with van der Waals surface area (Å²) in [5, 5.41) is 18.3. The molecule has 0 spiro atoms. The highest BCUT2D eigenvalue weighted by atomic mass is 32.2. The molecule has 3 rings (SSSR count). The van der Waals surface area contributed by atoms with E-state index in [9.17, 15) is 13.5 Å². The van der Waals surface area contributed by atoms with Gasteiger partial charge in [0, 0.05) is 12.1 Å². The number of aromatic nitrogens is 5. The molecule has 10 nitrogen and oxygen atoms in total. The number of hydrogen-bond donors (Lipinski definition) is 3. The lowest BCUT2D eigenvalue weighted by Crippen LogP contribution is -2.38. The Bertz CT molecular complexity index is 1170. The van der Waals surface area contributed by atoms with Gasteiger partial charge in [-0.25, -0.2) is 23.1 Å². The van der Waals surface area contributed by atoms with E-state index in [1.54, 1.807) is 12.3 Å². The fourth-order valence-corrected chi connectivity index (χ4v) is 3.90. The maximum Gasteiger partial charge on any atom is 0.240 e. The predicted octanol–water partition coefficient (Wildman–Crippen LogP) is 1.36. The van der Waals surface area contributed by atoms with Crippen molar-refractivity contribution in [2.45, 2.75) is 44.7 Å². The third-order valence-corrected chi connectivity index (χ3v) is 5.75. The highest BCUT2D eigenvalue weighted by molar-refractivity contribution is 7.89. The molecule has 0 aliphatic rings. The normalized spacial score (nSPS) is 12.3. The molecular weight excluding hydrogens is 406 g/mol. The van der Waals surface area contributed by atoms with Crippen LogP contribution >= 0.6 is 0 Å². The smallest absolute Gasteiger partial charge is 0.240 e. The van der Waals surface area contributed by atoms with E-state index in [-0.39, 0.29) is 17.3 Å². The number of hydrogen-bond acceptors (Lipinski definition) is 8. The highest BCUT2D eigenvalue weighted by Crippen LogP contribution is 2.28. The van der Waals surface area contributed by atoms with Gasteiger partial charge >= 0.3 is 0 Å². The van der Waals surface area contributed by atoms with Crippen LogP contribution in [0.5, 0.6) is 0 Å². The molecule has 0 amide bonds. The van der Waals surface area contributed by atoms with Crippen molar-refractivity contribution >= 4 is 15.8 Å². The minimum Gasteiger partial charge on any atom is -0.389 e. The molecule has 0 saturated carbocycles. The van der Waals surface area contributed by atoms with Gasteiger partial charge in [0.15, 0.2) is 5.82 Å². The van der Waals surface area contributed by atoms with E-state index >= 15 is 0 Å². The number of aliphatic hydroxyl groups is 1. The number of nitrogen functional groups attached to an aromatic ring is 1. The lowest BCUT2D eigenvalue weighted by Gasteiger charge is -2.18. The van der Waals surface area contributed by atoms with E-state index in [4.69, 9.17) is 5.73 Å². The lowest BCUT2D eigenvalue weighted by atomic mass is 10.1. The van der Waals surface area contributed by atoms with Gasteiger partial charge in [0.25, 0.3) is 0 Å². The summed E-state index contributed by atoms with van der Waals surface area (Å²) in [6, 6.07) is 4.72. The molecule has 0 radical (unpaired) electrons. The summed E-state index contributed by atoms with van der Waals surface area (Å²) in [5.74, 6) is 0.204. The molecular formula is C19H25N7O3S. The quantitative estimate of drug-likeness (QED) is 0.508. The van der Waals surface area contributed by atoms with Gasteiger partial charge in [-0.15, -0.1) is 0 Å². The molecule has 0 aliphatic carbocycles. The number of nitrogens with zero attached hydrogens (tertiary/aromatic N) is 5. The molecule has 0 atom stereocenters. The van der Waals surface area contributed by atoms with E-state index in [1.807, 2.05) is 13.8 Å². The number of nitrogens with one attached hydrogen (secondary N) is 1. The van der Waals surface area contributed by atoms with Gasteiger partial charge in [-0.1, -0.05) is 6.07 Å². The van der Waals surface area contributed by atoms with Crippen molar-refractivity contribution in [3.63, 3.8) is 0 Å². The largest absolute Gasteiger partial charge is 0.389 e. The molecule has 2 aromatic heterocycles. The molecule has 3 aromatic rings. The minimum atomic E-state index is -3.82. The summed E-state index contributed by atoms with van der Waals surface area (Å²) in [4.78, 5) is 10.3. The number of anilines is 1. The third kappa shape index (κ3) is 4.81. The van der Waals surface area contributed by atoms with Crippen molar-refractivity contribution in [1.29, 1.82) is 0 Å². The maximum atomic E-state index is 12.7. The number of aryl methyl sites for hydroxylation is 2. The summed E-state index contributed by atoms with van der Waals surface area (Å²) in [6.45, 7) is 7.30. The Balaban J connectivity index is 2.02. The zero-order chi connectivity index (χ0) is 22.1. The monoisotopic (exact) mass is 431 g/mol. The van der Waals surface area contributed by atoms with Crippen LogP contribution in [-0.2, 0) is 16.6 Å². The van der Waals surface area contributed by atoms with Gasteiger partial charge in [-0.3, -0.25) is 0 Å². The Kier molecular flexibility index (Phi) is 5.88. The Hall–Kier alpha value is -2.89. The summed E-state index contributed by atoms with van der Waals surface area (Å²) in [6.07, 6.45) is 3.05. The second-order valence-corrected chi connectivity index (χ2v) is 9.29. The first kappa shape index (κ1) is 21.8. The summed E-state index contributed by atoms with van der Waals surface area (Å²) in [7, 11) is -3.82. The van der Waals surface area contributed by atoms with Crippen molar-refractivity contribution in [1.82, 2.24) is 29.7 Å². The SMILES string of the molecule is CCn1ncc(-c2nc(-c3cc(S(=O)(=O)NCC(C)(C)O)ccc3C)cnc2N)n1. The molecule has 160 valence electrons. The van der Waals surface area contributed by atoms with Crippen LogP contribution in [-0.4, -0.2) is 50.6 Å². The fraction of sp³-hybridized carbons (Fsp3) is 0.368. The van der Waals surface area contributed by atoms with E-state index in [0.717, 1.165) is 5.56 Å². The third-order valence-electron chi connectivity index (χ3n) is 4.35. The maximum absolute atomic E-state index is 12.7. The molecule has 0 aliphatic heterocycles. The van der Waals surface area contributed by atoms with Gasteiger partial charge in [0.05, 0.1) is 35.1 Å². The van der Waals surface area contributed by atoms with E-state index in [0.29, 0.717) is 29.2 Å². The standard InChI is InChI=1S/C19H25N7O3S/c1-5-26-22-10-16(25-26)17-18(20)21-9-15(24-17)14-8-13(7-6-12(14)2)30(28,29)23-11-19(3,4)27/h6-10,23,27H,5,11H2,1-4H3,(H2,20,21). The molecule has 1 aromatic carbocycles. The average molecular weight is 432 g/mol. The van der Waals surface area contributed by atoms with Crippen molar-refractivity contribution in [2.75, 3.05) is 12.3 Å². The zero-order valence-electron chi connectivity index (χ0n) is 17.3. The summed E-state index contributed by atoms with van der Waals surface area (Å²) < 4.78 is 27.7. The van der Waals surface area contributed by atoms with Gasteiger partial charge in [-0.2, -0.15) is 15.0 Å². The van der Waals surface area contributed by atoms with Crippen molar-refractivity contribution in [2.24, 2.45) is 0 Å². The van der Waals surface area contributed by atoms with Crippen LogP contribution in [0.1, 0.15) is 26.3 Å². The second kappa shape index (κ2) is 8.09. The first-order valence-electron chi connectivity index (χ1n) is 9.36. The first-order valence-corrected chi connectivity index (χ1v) is 10.8. The molecule has 2 heterocycles. The predicted molar refractivity (Wildman–Crippen MR) is 113 cm³/mol. The number of rotatable bonds is 7. The second-order valence-electron chi connectivity index (χ2n) is 7.52. The molecule has 0 saturated heterocycles. The summed E-state index contributed by atoms with van der Waals surface area (Å²) in [5.41, 5.74) is 7.55. The zero-order valence-corrected chi connectivity index (χ0v) is 18.1. The molecule has 0 unspecified atom stereocenters. The molecule has 30 heavy (non-hydrogen) atoms. The van der Waals surface area contributed by atoms with Crippen LogP contribution in [0.2, 0.25) is 0 Å². The van der Waals surface area contributed by atoms with E-state index < -0.39 is 15.6 Å². The Morgan fingerprint density at radius 1 is 1.23 bits per heavy atom. The van der Waals surface area contributed by atoms with Crippen LogP contribution < -0.4 is 10.5 Å². The Morgan fingerprint density at radius 3 is 2.60 bits per heavy atom. The molecule has 11 heteroatoms. The van der Waals surface area contributed by atoms with Crippen molar-refractivity contribution in [3.8, 4) is 22.6 Å². The Labute approximate surface area is 175 Å². The molecule has 0 fully saturated rings. The van der Waals surface area contributed by atoms with Gasteiger partial charge < -0.3 is 10.8 Å². The first-order chi connectivity index (χ1) is 14.0. The molecule has 0 bridgehead atoms. The van der Waals surface area contributed by atoms with E-state index in [1.165, 1.54) is 37.0 Å². The van der Waals surface area contributed by atoms with Gasteiger partial charge in [0.1, 0.15) is 11.4 Å². The van der Waals surface area contributed by atoms with Crippen LogP contribution in [0.15, 0.2) is 35.5 Å². The molecule has 4 N–H and O–H groups in total. The van der Waals surface area contributed by atoms with Crippen LogP contribution in [0, 0.1) is 6.92 Å². The minimum absolute atomic E-state index is 0.0597. The topological polar surface area (TPSA) is 149 Å². The average Bonchev–Trinajstić information content (AvgIpc) is 3.16. The van der Waals surface area contributed by atoms with Crippen molar-refractivity contribution < 1.29 is 13.5 Å². The van der Waals surface area contributed by atoms with Gasteiger partial charge in [0.2, 0.25) is 10.0 Å². The number of benzene rings is 1. The Morgan fingerprint density at radius 2 is 1.97 bits per heavy atom. The fourth-order valence-electron chi connectivity index (χ4n) is 2.67. The number of sulfonamides is 1.